The molecule has 0 fully saturated rings. The molecule has 8 nitrogen and oxygen atoms in total. The lowest BCUT2D eigenvalue weighted by Crippen LogP contribution is -2.20. The Morgan fingerprint density at radius 1 is 1.08 bits per heavy atom. The minimum absolute atomic E-state index is 0.0742. The van der Waals surface area contributed by atoms with E-state index in [-0.39, 0.29) is 18.8 Å². The van der Waals surface area contributed by atoms with Crippen molar-refractivity contribution >= 4 is 27.6 Å². The molecule has 2 aromatic carbocycles. The van der Waals surface area contributed by atoms with Gasteiger partial charge >= 0.3 is 0 Å². The van der Waals surface area contributed by atoms with Gasteiger partial charge in [0.15, 0.2) is 0 Å². The highest BCUT2D eigenvalue weighted by Crippen LogP contribution is 2.36. The van der Waals surface area contributed by atoms with E-state index in [2.05, 4.69) is 0 Å². The number of nitrogens with two attached hydrogens (primary N) is 2. The van der Waals surface area contributed by atoms with Gasteiger partial charge in [0.25, 0.3) is 5.69 Å². The largest absolute Gasteiger partial charge is 0.456 e. The van der Waals surface area contributed by atoms with Crippen LogP contribution in [0, 0.1) is 10.1 Å². The maximum Gasteiger partial charge on any atom is 0.279 e. The molecule has 0 aliphatic rings. The van der Waals surface area contributed by atoms with Crippen LogP contribution in [0.3, 0.4) is 0 Å². The summed E-state index contributed by atoms with van der Waals surface area (Å²) >= 11 is 0. The third-order valence-corrected chi connectivity index (χ3v) is 4.09. The molecule has 0 saturated carbocycles. The van der Waals surface area contributed by atoms with Crippen LogP contribution in [-0.4, -0.2) is 37.8 Å². The molecule has 0 bridgehead atoms. The van der Waals surface area contributed by atoms with Crippen molar-refractivity contribution in [3.05, 3.63) is 52.1 Å². The molecule has 138 valence electrons. The third-order valence-electron chi connectivity index (χ3n) is 4.09. The zero-order valence-electron chi connectivity index (χ0n) is 14.2. The van der Waals surface area contributed by atoms with E-state index in [0.29, 0.717) is 36.5 Å². The molecular weight excluding hydrogens is 338 g/mol. The molecule has 26 heavy (non-hydrogen) atoms. The second kappa shape index (κ2) is 8.24. The summed E-state index contributed by atoms with van der Waals surface area (Å²) in [6, 6.07) is 10.7. The van der Waals surface area contributed by atoms with E-state index in [1.54, 1.807) is 6.07 Å². The van der Waals surface area contributed by atoms with Gasteiger partial charge in [-0.3, -0.25) is 10.1 Å². The van der Waals surface area contributed by atoms with Gasteiger partial charge in [-0.25, -0.2) is 0 Å². The van der Waals surface area contributed by atoms with Crippen LogP contribution in [0.25, 0.3) is 21.9 Å². The summed E-state index contributed by atoms with van der Waals surface area (Å²) in [4.78, 5) is 11.1. The van der Waals surface area contributed by atoms with Crippen LogP contribution in [0.4, 0.5) is 5.69 Å². The molecule has 0 spiro atoms. The Labute approximate surface area is 149 Å². The predicted molar refractivity (Wildman–Crippen MR) is 98.0 cm³/mol. The number of para-hydroxylation sites is 1. The molecule has 0 aliphatic carbocycles. The normalized spacial score (nSPS) is 12.7. The van der Waals surface area contributed by atoms with Crippen LogP contribution in [0.1, 0.15) is 11.7 Å². The molecule has 3 rings (SSSR count). The Kier molecular flexibility index (Phi) is 5.79. The van der Waals surface area contributed by atoms with Gasteiger partial charge in [0.1, 0.15) is 17.3 Å². The Morgan fingerprint density at radius 3 is 2.62 bits per heavy atom. The van der Waals surface area contributed by atoms with Gasteiger partial charge in [0.2, 0.25) is 0 Å². The van der Waals surface area contributed by atoms with Gasteiger partial charge in [0.05, 0.1) is 36.4 Å². The van der Waals surface area contributed by atoms with E-state index in [1.807, 2.05) is 24.3 Å². The maximum absolute atomic E-state index is 11.5. The summed E-state index contributed by atoms with van der Waals surface area (Å²) in [6.07, 6.45) is -0.616. The number of hydrogen-bond donors (Lipinski definition) is 2. The van der Waals surface area contributed by atoms with Crippen molar-refractivity contribution in [2.45, 2.75) is 6.10 Å². The van der Waals surface area contributed by atoms with Crippen LogP contribution in [0.2, 0.25) is 0 Å². The topological polar surface area (TPSA) is 127 Å². The predicted octanol–water partition coefficient (Wildman–Crippen LogP) is 2.49. The fourth-order valence-corrected chi connectivity index (χ4v) is 2.91. The first-order chi connectivity index (χ1) is 12.7. The number of nitrogens with zero attached hydrogens (tertiary/aromatic N) is 1. The van der Waals surface area contributed by atoms with Crippen molar-refractivity contribution in [2.24, 2.45) is 11.5 Å². The molecule has 1 heterocycles. The van der Waals surface area contributed by atoms with Gasteiger partial charge in [-0.05, 0) is 12.1 Å². The monoisotopic (exact) mass is 359 g/mol. The number of nitro benzene ring substituents is 1. The molecule has 1 unspecified atom stereocenters. The minimum atomic E-state index is -0.616. The average Bonchev–Trinajstić information content (AvgIpc) is 3.01. The van der Waals surface area contributed by atoms with Gasteiger partial charge < -0.3 is 25.4 Å². The zero-order chi connectivity index (χ0) is 18.5. The Morgan fingerprint density at radius 2 is 1.88 bits per heavy atom. The van der Waals surface area contributed by atoms with Crippen LogP contribution < -0.4 is 11.5 Å². The lowest BCUT2D eigenvalue weighted by atomic mass is 10.0. The summed E-state index contributed by atoms with van der Waals surface area (Å²) < 4.78 is 16.7. The standard InChI is InChI=1S/C18H21N3O5/c19-5-6-24-7-8-25-18(11-20)14-9-13-12-3-1-2-4-16(12)26-17(13)10-15(14)21(22)23/h1-4,9-10,18H,5-8,11,19-20H2. The van der Waals surface area contributed by atoms with E-state index >= 15 is 0 Å². The van der Waals surface area contributed by atoms with Crippen molar-refractivity contribution in [1.29, 1.82) is 0 Å². The highest BCUT2D eigenvalue weighted by molar-refractivity contribution is 6.05. The lowest BCUT2D eigenvalue weighted by molar-refractivity contribution is -0.386. The summed E-state index contributed by atoms with van der Waals surface area (Å²) in [5.41, 5.74) is 12.7. The lowest BCUT2D eigenvalue weighted by Gasteiger charge is -2.16. The van der Waals surface area contributed by atoms with Crippen molar-refractivity contribution in [1.82, 2.24) is 0 Å². The van der Waals surface area contributed by atoms with Crippen molar-refractivity contribution in [3.63, 3.8) is 0 Å². The molecule has 4 N–H and O–H groups in total. The quantitative estimate of drug-likeness (QED) is 0.341. The summed E-state index contributed by atoms with van der Waals surface area (Å²) in [6.45, 7) is 1.58. The average molecular weight is 359 g/mol. The van der Waals surface area contributed by atoms with E-state index in [0.717, 1.165) is 10.8 Å². The Bertz CT molecular complexity index is 908. The number of hydrogen-bond acceptors (Lipinski definition) is 7. The zero-order valence-corrected chi connectivity index (χ0v) is 14.2. The summed E-state index contributed by atoms with van der Waals surface area (Å²) in [5.74, 6) is 0. The molecule has 0 radical (unpaired) electrons. The van der Waals surface area contributed by atoms with Gasteiger partial charge in [0, 0.05) is 23.9 Å². The number of nitro groups is 1. The first-order valence-electron chi connectivity index (χ1n) is 8.34. The number of rotatable bonds is 9. The van der Waals surface area contributed by atoms with E-state index in [9.17, 15) is 10.1 Å². The van der Waals surface area contributed by atoms with Gasteiger partial charge in [-0.15, -0.1) is 0 Å². The molecule has 0 saturated heterocycles. The summed E-state index contributed by atoms with van der Waals surface area (Å²) in [5, 5.41) is 13.2. The third kappa shape index (κ3) is 3.68. The van der Waals surface area contributed by atoms with Crippen molar-refractivity contribution in [2.75, 3.05) is 32.9 Å². The van der Waals surface area contributed by atoms with E-state index in [1.165, 1.54) is 6.07 Å². The molecule has 0 aliphatic heterocycles. The fourth-order valence-electron chi connectivity index (χ4n) is 2.91. The number of benzene rings is 2. The molecule has 8 heteroatoms. The highest BCUT2D eigenvalue weighted by atomic mass is 16.6. The van der Waals surface area contributed by atoms with Gasteiger partial charge in [-0.2, -0.15) is 0 Å². The smallest absolute Gasteiger partial charge is 0.279 e. The number of furan rings is 1. The molecule has 1 aromatic heterocycles. The van der Waals surface area contributed by atoms with Gasteiger partial charge in [-0.1, -0.05) is 18.2 Å². The van der Waals surface area contributed by atoms with Crippen LogP contribution in [0.15, 0.2) is 40.8 Å². The number of ether oxygens (including phenoxy) is 2. The first-order valence-corrected chi connectivity index (χ1v) is 8.34. The molecule has 3 aromatic rings. The van der Waals surface area contributed by atoms with E-state index in [4.69, 9.17) is 25.4 Å². The van der Waals surface area contributed by atoms with E-state index < -0.39 is 11.0 Å². The molecular formula is C18H21N3O5. The number of fused-ring (bicyclic) bond motifs is 3. The Hall–Kier alpha value is -2.52. The maximum atomic E-state index is 11.5. The minimum Gasteiger partial charge on any atom is -0.456 e. The summed E-state index contributed by atoms with van der Waals surface area (Å²) in [7, 11) is 0. The fraction of sp³-hybridized carbons (Fsp3) is 0.333. The van der Waals surface area contributed by atoms with Crippen LogP contribution in [-0.2, 0) is 9.47 Å². The SMILES string of the molecule is NCCOCCOC(CN)c1cc2c(cc1[N+](=O)[O-])oc1ccccc12. The highest BCUT2D eigenvalue weighted by Gasteiger charge is 2.25. The second-order valence-corrected chi connectivity index (χ2v) is 5.76. The first kappa shape index (κ1) is 18.3. The Balaban J connectivity index is 1.97. The second-order valence-electron chi connectivity index (χ2n) is 5.76. The molecule has 1 atom stereocenters. The molecule has 0 amide bonds. The van der Waals surface area contributed by atoms with Crippen molar-refractivity contribution < 1.29 is 18.8 Å². The van der Waals surface area contributed by atoms with Crippen LogP contribution >= 0.6 is 0 Å². The van der Waals surface area contributed by atoms with Crippen molar-refractivity contribution in [3.8, 4) is 0 Å². The van der Waals surface area contributed by atoms with Crippen LogP contribution in [0.5, 0.6) is 0 Å².